The van der Waals surface area contributed by atoms with Crippen molar-refractivity contribution in [3.8, 4) is 0 Å². The lowest BCUT2D eigenvalue weighted by Crippen LogP contribution is -2.46. The number of carbonyl (C=O) groups is 1. The second-order valence-corrected chi connectivity index (χ2v) is 5.33. The Bertz CT molecular complexity index is 528. The van der Waals surface area contributed by atoms with E-state index in [1.165, 1.54) is 4.90 Å². The van der Waals surface area contributed by atoms with Crippen LogP contribution in [0, 0.1) is 17.5 Å². The molecule has 4 nitrogen and oxygen atoms in total. The van der Waals surface area contributed by atoms with Crippen molar-refractivity contribution >= 4 is 11.7 Å². The van der Waals surface area contributed by atoms with E-state index in [0.29, 0.717) is 32.0 Å². The first-order chi connectivity index (χ1) is 9.88. The predicted octanol–water partition coefficient (Wildman–Crippen LogP) is 2.66. The highest BCUT2D eigenvalue weighted by atomic mass is 19.2. The van der Waals surface area contributed by atoms with Crippen LogP contribution in [0.3, 0.4) is 0 Å². The Kier molecular flexibility index (Phi) is 4.59. The van der Waals surface area contributed by atoms with Crippen molar-refractivity contribution in [1.29, 1.82) is 0 Å². The molecule has 1 fully saturated rings. The number of rotatable bonds is 2. The van der Waals surface area contributed by atoms with Gasteiger partial charge in [0.25, 0.3) is 0 Å². The third kappa shape index (κ3) is 3.59. The van der Waals surface area contributed by atoms with Crippen LogP contribution in [0.5, 0.6) is 0 Å². The molecule has 1 aromatic carbocycles. The van der Waals surface area contributed by atoms with Gasteiger partial charge in [0.1, 0.15) is 5.82 Å². The first-order valence-corrected chi connectivity index (χ1v) is 6.76. The minimum atomic E-state index is -1.21. The molecule has 7 heteroatoms. The van der Waals surface area contributed by atoms with Gasteiger partial charge in [-0.15, -0.1) is 0 Å². The molecule has 1 aliphatic heterocycles. The molecule has 0 spiro atoms. The van der Waals surface area contributed by atoms with Gasteiger partial charge >= 0.3 is 6.03 Å². The summed E-state index contributed by atoms with van der Waals surface area (Å²) in [4.78, 5) is 15.0. The number of anilines is 1. The second-order valence-electron chi connectivity index (χ2n) is 5.33. The van der Waals surface area contributed by atoms with Crippen molar-refractivity contribution in [2.75, 3.05) is 32.5 Å². The number of amides is 2. The summed E-state index contributed by atoms with van der Waals surface area (Å²) in [5, 5.41) is 2.81. The van der Waals surface area contributed by atoms with Crippen LogP contribution in [-0.2, 0) is 0 Å². The molecule has 2 rings (SSSR count). The monoisotopic (exact) mass is 301 g/mol. The molecule has 116 valence electrons. The Balaban J connectivity index is 1.97. The summed E-state index contributed by atoms with van der Waals surface area (Å²) >= 11 is 0. The molecule has 1 N–H and O–H groups in total. The summed E-state index contributed by atoms with van der Waals surface area (Å²) in [6, 6.07) is 1.26. The van der Waals surface area contributed by atoms with Crippen LogP contribution < -0.4 is 5.32 Å². The number of urea groups is 1. The van der Waals surface area contributed by atoms with E-state index in [9.17, 15) is 18.0 Å². The van der Waals surface area contributed by atoms with Gasteiger partial charge in [0.2, 0.25) is 0 Å². The van der Waals surface area contributed by atoms with Gasteiger partial charge in [-0.3, -0.25) is 0 Å². The van der Waals surface area contributed by atoms with Gasteiger partial charge in [-0.05, 0) is 12.8 Å². The largest absolute Gasteiger partial charge is 0.380 e. The van der Waals surface area contributed by atoms with Crippen molar-refractivity contribution in [2.45, 2.75) is 18.9 Å². The van der Waals surface area contributed by atoms with Gasteiger partial charge in [-0.1, -0.05) is 0 Å². The number of nitrogens with zero attached hydrogens (tertiary/aromatic N) is 2. The van der Waals surface area contributed by atoms with Gasteiger partial charge in [0, 0.05) is 45.4 Å². The van der Waals surface area contributed by atoms with Crippen LogP contribution in [0.4, 0.5) is 23.7 Å². The number of likely N-dealkylation sites (tertiary alicyclic amines) is 1. The highest BCUT2D eigenvalue weighted by molar-refractivity contribution is 5.73. The Morgan fingerprint density at radius 1 is 1.24 bits per heavy atom. The van der Waals surface area contributed by atoms with Gasteiger partial charge in [-0.2, -0.15) is 0 Å². The van der Waals surface area contributed by atoms with E-state index < -0.39 is 17.5 Å². The number of nitrogens with one attached hydrogen (secondary N) is 1. The lowest BCUT2D eigenvalue weighted by molar-refractivity contribution is 0.158. The first kappa shape index (κ1) is 15.5. The van der Waals surface area contributed by atoms with Crippen LogP contribution >= 0.6 is 0 Å². The Labute approximate surface area is 121 Å². The number of piperidine rings is 1. The van der Waals surface area contributed by atoms with Gasteiger partial charge in [-0.25, -0.2) is 18.0 Å². The topological polar surface area (TPSA) is 35.6 Å². The van der Waals surface area contributed by atoms with Gasteiger partial charge in [0.15, 0.2) is 11.6 Å². The third-order valence-corrected chi connectivity index (χ3v) is 3.50. The molecule has 0 bridgehead atoms. The molecule has 0 unspecified atom stereocenters. The van der Waals surface area contributed by atoms with Crippen LogP contribution in [0.15, 0.2) is 12.1 Å². The Morgan fingerprint density at radius 2 is 1.86 bits per heavy atom. The van der Waals surface area contributed by atoms with E-state index in [1.807, 2.05) is 0 Å². The molecule has 21 heavy (non-hydrogen) atoms. The van der Waals surface area contributed by atoms with Crippen LogP contribution in [0.25, 0.3) is 0 Å². The van der Waals surface area contributed by atoms with Crippen molar-refractivity contribution in [3.05, 3.63) is 29.6 Å². The molecule has 0 atom stereocenters. The molecule has 0 aliphatic carbocycles. The standard InChI is InChI=1S/C14H18F3N3O/c1-19(2)14(21)20-5-3-10(4-6-20)18-12-8-9(15)7-11(16)13(12)17/h7-8,10,18H,3-6H2,1-2H3. The van der Waals surface area contributed by atoms with E-state index in [0.717, 1.165) is 6.07 Å². The van der Waals surface area contributed by atoms with E-state index in [-0.39, 0.29) is 17.8 Å². The number of carbonyl (C=O) groups excluding carboxylic acids is 1. The van der Waals surface area contributed by atoms with Crippen molar-refractivity contribution < 1.29 is 18.0 Å². The molecule has 0 saturated carbocycles. The summed E-state index contributed by atoms with van der Waals surface area (Å²) < 4.78 is 39.8. The summed E-state index contributed by atoms with van der Waals surface area (Å²) in [5.41, 5.74) is -0.176. The zero-order valence-corrected chi connectivity index (χ0v) is 12.0. The highest BCUT2D eigenvalue weighted by Crippen LogP contribution is 2.23. The third-order valence-electron chi connectivity index (χ3n) is 3.50. The zero-order chi connectivity index (χ0) is 15.6. The average molecular weight is 301 g/mol. The maximum atomic E-state index is 13.6. The minimum Gasteiger partial charge on any atom is -0.380 e. The molecule has 1 aliphatic rings. The highest BCUT2D eigenvalue weighted by Gasteiger charge is 2.24. The molecular weight excluding hydrogens is 283 g/mol. The predicted molar refractivity (Wildman–Crippen MR) is 73.6 cm³/mol. The van der Waals surface area contributed by atoms with E-state index in [2.05, 4.69) is 5.32 Å². The number of halogens is 3. The number of benzene rings is 1. The van der Waals surface area contributed by atoms with E-state index in [1.54, 1.807) is 19.0 Å². The summed E-state index contributed by atoms with van der Waals surface area (Å²) in [7, 11) is 3.36. The smallest absolute Gasteiger partial charge is 0.319 e. The summed E-state index contributed by atoms with van der Waals surface area (Å²) in [6.45, 7) is 1.04. The van der Waals surface area contributed by atoms with E-state index >= 15 is 0 Å². The average Bonchev–Trinajstić information content (AvgIpc) is 2.44. The maximum Gasteiger partial charge on any atom is 0.319 e. The molecule has 2 amide bonds. The molecule has 1 heterocycles. The van der Waals surface area contributed by atoms with Crippen molar-refractivity contribution in [1.82, 2.24) is 9.80 Å². The molecule has 0 radical (unpaired) electrons. The molecular formula is C14H18F3N3O. The van der Waals surface area contributed by atoms with Crippen LogP contribution in [0.2, 0.25) is 0 Å². The normalized spacial score (nSPS) is 16.0. The van der Waals surface area contributed by atoms with Gasteiger partial charge < -0.3 is 15.1 Å². The fraction of sp³-hybridized carbons (Fsp3) is 0.500. The van der Waals surface area contributed by atoms with E-state index in [4.69, 9.17) is 0 Å². The quantitative estimate of drug-likeness (QED) is 0.853. The van der Waals surface area contributed by atoms with Gasteiger partial charge in [0.05, 0.1) is 5.69 Å². The number of hydrogen-bond donors (Lipinski definition) is 1. The lowest BCUT2D eigenvalue weighted by atomic mass is 10.0. The van der Waals surface area contributed by atoms with Crippen molar-refractivity contribution in [2.24, 2.45) is 0 Å². The first-order valence-electron chi connectivity index (χ1n) is 6.76. The van der Waals surface area contributed by atoms with Crippen LogP contribution in [0.1, 0.15) is 12.8 Å². The fourth-order valence-corrected chi connectivity index (χ4v) is 2.38. The number of hydrogen-bond acceptors (Lipinski definition) is 2. The maximum absolute atomic E-state index is 13.6. The second kappa shape index (κ2) is 6.24. The summed E-state index contributed by atoms with van der Waals surface area (Å²) in [6.07, 6.45) is 1.19. The Morgan fingerprint density at radius 3 is 2.43 bits per heavy atom. The fourth-order valence-electron chi connectivity index (χ4n) is 2.38. The minimum absolute atomic E-state index is 0.0727. The van der Waals surface area contributed by atoms with Crippen molar-refractivity contribution in [3.63, 3.8) is 0 Å². The lowest BCUT2D eigenvalue weighted by Gasteiger charge is -2.34. The summed E-state index contributed by atoms with van der Waals surface area (Å²) in [5.74, 6) is -3.11. The zero-order valence-electron chi connectivity index (χ0n) is 12.0. The molecule has 1 saturated heterocycles. The molecule has 1 aromatic rings. The van der Waals surface area contributed by atoms with Crippen LogP contribution in [-0.4, -0.2) is 49.1 Å². The Hall–Kier alpha value is -1.92. The SMILES string of the molecule is CN(C)C(=O)N1CCC(Nc2cc(F)cc(F)c2F)CC1. The molecule has 0 aromatic heterocycles.